The SMILES string of the molecule is Cc1cc(C)c(OCc2ccccc2)c(B2OC(C)(C)C(C)(C)O2)c1. The lowest BCUT2D eigenvalue weighted by Gasteiger charge is -2.32. The highest BCUT2D eigenvalue weighted by Gasteiger charge is 2.52. The van der Waals surface area contributed by atoms with Crippen LogP contribution in [0.1, 0.15) is 44.4 Å². The fourth-order valence-corrected chi connectivity index (χ4v) is 3.06. The molecule has 1 saturated heterocycles. The number of aryl methyl sites for hydroxylation is 2. The molecule has 0 bridgehead atoms. The second-order valence-electron chi connectivity index (χ2n) is 7.86. The highest BCUT2D eigenvalue weighted by atomic mass is 16.7. The molecule has 3 rings (SSSR count). The van der Waals surface area contributed by atoms with Gasteiger partial charge in [-0.25, -0.2) is 0 Å². The van der Waals surface area contributed by atoms with Crippen LogP contribution < -0.4 is 10.2 Å². The Labute approximate surface area is 151 Å². The summed E-state index contributed by atoms with van der Waals surface area (Å²) in [4.78, 5) is 0. The molecule has 0 N–H and O–H groups in total. The van der Waals surface area contributed by atoms with Gasteiger partial charge in [0.2, 0.25) is 0 Å². The van der Waals surface area contributed by atoms with Crippen molar-refractivity contribution in [2.45, 2.75) is 59.4 Å². The first-order chi connectivity index (χ1) is 11.7. The molecule has 0 atom stereocenters. The Balaban J connectivity index is 1.91. The van der Waals surface area contributed by atoms with Crippen molar-refractivity contribution < 1.29 is 14.0 Å². The van der Waals surface area contributed by atoms with E-state index >= 15 is 0 Å². The molecule has 0 unspecified atom stereocenters. The highest BCUT2D eigenvalue weighted by Crippen LogP contribution is 2.37. The summed E-state index contributed by atoms with van der Waals surface area (Å²) in [7, 11) is -0.422. The molecule has 1 fully saturated rings. The minimum absolute atomic E-state index is 0.369. The van der Waals surface area contributed by atoms with Crippen LogP contribution in [0.4, 0.5) is 0 Å². The first-order valence-corrected chi connectivity index (χ1v) is 8.83. The van der Waals surface area contributed by atoms with Crippen LogP contribution in [-0.2, 0) is 15.9 Å². The van der Waals surface area contributed by atoms with Gasteiger partial charge in [0.25, 0.3) is 0 Å². The fourth-order valence-electron chi connectivity index (χ4n) is 3.06. The Morgan fingerprint density at radius 2 is 1.52 bits per heavy atom. The summed E-state index contributed by atoms with van der Waals surface area (Å²) in [5.74, 6) is 0.855. The summed E-state index contributed by atoms with van der Waals surface area (Å²) >= 11 is 0. The summed E-state index contributed by atoms with van der Waals surface area (Å²) in [5, 5.41) is 0. The smallest absolute Gasteiger partial charge is 0.489 e. The van der Waals surface area contributed by atoms with Gasteiger partial charge in [0, 0.05) is 5.46 Å². The number of hydrogen-bond acceptors (Lipinski definition) is 3. The molecular weight excluding hydrogens is 311 g/mol. The standard InChI is InChI=1S/C21H27BO3/c1-15-12-16(2)19(23-14-17-10-8-7-9-11-17)18(13-15)22-24-20(3,4)21(5,6)25-22/h7-13H,14H2,1-6H3. The zero-order valence-corrected chi connectivity index (χ0v) is 16.1. The minimum atomic E-state index is -0.422. The summed E-state index contributed by atoms with van der Waals surface area (Å²) in [5.41, 5.74) is 3.64. The quantitative estimate of drug-likeness (QED) is 0.783. The van der Waals surface area contributed by atoms with Gasteiger partial charge in [-0.2, -0.15) is 0 Å². The van der Waals surface area contributed by atoms with E-state index in [4.69, 9.17) is 14.0 Å². The first-order valence-electron chi connectivity index (χ1n) is 8.83. The third-order valence-corrected chi connectivity index (χ3v) is 5.18. The third kappa shape index (κ3) is 3.60. The summed E-state index contributed by atoms with van der Waals surface area (Å²) in [6, 6.07) is 14.4. The second kappa shape index (κ2) is 6.51. The molecule has 1 heterocycles. The molecule has 2 aromatic rings. The van der Waals surface area contributed by atoms with E-state index in [1.54, 1.807) is 0 Å². The van der Waals surface area contributed by atoms with Crippen molar-refractivity contribution in [3.8, 4) is 5.75 Å². The van der Waals surface area contributed by atoms with Crippen molar-refractivity contribution in [1.29, 1.82) is 0 Å². The topological polar surface area (TPSA) is 27.7 Å². The average molecular weight is 338 g/mol. The Morgan fingerprint density at radius 3 is 2.12 bits per heavy atom. The zero-order chi connectivity index (χ0) is 18.2. The highest BCUT2D eigenvalue weighted by molar-refractivity contribution is 6.63. The molecule has 1 aliphatic heterocycles. The Bertz CT molecular complexity index is 737. The van der Waals surface area contributed by atoms with E-state index in [0.29, 0.717) is 6.61 Å². The number of rotatable bonds is 4. The normalized spacial score (nSPS) is 18.4. The Kier molecular flexibility index (Phi) is 4.69. The van der Waals surface area contributed by atoms with E-state index in [9.17, 15) is 0 Å². The van der Waals surface area contributed by atoms with E-state index in [0.717, 1.165) is 22.3 Å². The molecule has 25 heavy (non-hydrogen) atoms. The van der Waals surface area contributed by atoms with Crippen LogP contribution in [-0.4, -0.2) is 18.3 Å². The molecule has 2 aromatic carbocycles. The third-order valence-electron chi connectivity index (χ3n) is 5.18. The summed E-state index contributed by atoms with van der Waals surface area (Å²) < 4.78 is 18.7. The van der Waals surface area contributed by atoms with Crippen molar-refractivity contribution in [1.82, 2.24) is 0 Å². The van der Waals surface area contributed by atoms with Gasteiger partial charge in [-0.15, -0.1) is 0 Å². The second-order valence-corrected chi connectivity index (χ2v) is 7.86. The van der Waals surface area contributed by atoms with Gasteiger partial charge in [-0.05, 0) is 52.7 Å². The summed E-state index contributed by atoms with van der Waals surface area (Å²) in [6.45, 7) is 13.0. The largest absolute Gasteiger partial charge is 0.498 e. The van der Waals surface area contributed by atoms with E-state index in [1.807, 2.05) is 18.2 Å². The molecule has 1 aliphatic rings. The first kappa shape index (κ1) is 18.0. The van der Waals surface area contributed by atoms with E-state index in [-0.39, 0.29) is 11.2 Å². The van der Waals surface area contributed by atoms with Crippen molar-refractivity contribution in [2.75, 3.05) is 0 Å². The van der Waals surface area contributed by atoms with Crippen molar-refractivity contribution >= 4 is 12.6 Å². The molecule has 0 saturated carbocycles. The monoisotopic (exact) mass is 338 g/mol. The lowest BCUT2D eigenvalue weighted by Crippen LogP contribution is -2.41. The van der Waals surface area contributed by atoms with Gasteiger partial charge in [0.05, 0.1) is 11.2 Å². The maximum atomic E-state index is 6.25. The molecular formula is C21H27BO3. The summed E-state index contributed by atoms with van der Waals surface area (Å²) in [6.07, 6.45) is 0. The molecule has 4 heteroatoms. The van der Waals surface area contributed by atoms with Gasteiger partial charge in [-0.3, -0.25) is 0 Å². The average Bonchev–Trinajstić information content (AvgIpc) is 2.75. The Morgan fingerprint density at radius 1 is 0.920 bits per heavy atom. The van der Waals surface area contributed by atoms with E-state index in [2.05, 4.69) is 65.8 Å². The lowest BCUT2D eigenvalue weighted by atomic mass is 9.76. The molecule has 132 valence electrons. The van der Waals surface area contributed by atoms with Gasteiger partial charge in [0.1, 0.15) is 12.4 Å². The minimum Gasteiger partial charge on any atom is -0.489 e. The van der Waals surface area contributed by atoms with Gasteiger partial charge in [0.15, 0.2) is 0 Å². The number of benzene rings is 2. The molecule has 0 aliphatic carbocycles. The number of hydrogen-bond donors (Lipinski definition) is 0. The van der Waals surface area contributed by atoms with Crippen LogP contribution in [0.25, 0.3) is 0 Å². The van der Waals surface area contributed by atoms with Crippen LogP contribution in [0.3, 0.4) is 0 Å². The van der Waals surface area contributed by atoms with Gasteiger partial charge >= 0.3 is 7.12 Å². The van der Waals surface area contributed by atoms with Crippen molar-refractivity contribution in [3.05, 3.63) is 59.2 Å². The molecule has 0 amide bonds. The lowest BCUT2D eigenvalue weighted by molar-refractivity contribution is 0.00578. The van der Waals surface area contributed by atoms with Crippen molar-refractivity contribution in [3.63, 3.8) is 0 Å². The van der Waals surface area contributed by atoms with Gasteiger partial charge in [-0.1, -0.05) is 48.0 Å². The maximum Gasteiger partial charge on any atom is 0.498 e. The van der Waals surface area contributed by atoms with Crippen LogP contribution in [0.2, 0.25) is 0 Å². The predicted molar refractivity (Wildman–Crippen MR) is 102 cm³/mol. The van der Waals surface area contributed by atoms with Gasteiger partial charge < -0.3 is 14.0 Å². The fraction of sp³-hybridized carbons (Fsp3) is 0.429. The molecule has 0 radical (unpaired) electrons. The van der Waals surface area contributed by atoms with E-state index < -0.39 is 7.12 Å². The predicted octanol–water partition coefficient (Wildman–Crippen LogP) is 4.18. The molecule has 0 spiro atoms. The maximum absolute atomic E-state index is 6.25. The molecule has 3 nitrogen and oxygen atoms in total. The van der Waals surface area contributed by atoms with Crippen LogP contribution in [0.5, 0.6) is 5.75 Å². The van der Waals surface area contributed by atoms with Crippen LogP contribution in [0.15, 0.2) is 42.5 Å². The van der Waals surface area contributed by atoms with E-state index in [1.165, 1.54) is 5.56 Å². The number of ether oxygens (including phenoxy) is 1. The Hall–Kier alpha value is -1.78. The van der Waals surface area contributed by atoms with Crippen LogP contribution in [0, 0.1) is 13.8 Å². The van der Waals surface area contributed by atoms with Crippen LogP contribution >= 0.6 is 0 Å². The zero-order valence-electron chi connectivity index (χ0n) is 16.1. The molecule has 0 aromatic heterocycles. The van der Waals surface area contributed by atoms with Crippen molar-refractivity contribution in [2.24, 2.45) is 0 Å².